The highest BCUT2D eigenvalue weighted by Crippen LogP contribution is 2.19. The third-order valence-corrected chi connectivity index (χ3v) is 3.60. The molecule has 0 bridgehead atoms. The van der Waals surface area contributed by atoms with E-state index in [-0.39, 0.29) is 0 Å². The van der Waals surface area contributed by atoms with Crippen LogP contribution in [-0.4, -0.2) is 11.6 Å². The molecule has 1 heterocycles. The van der Waals surface area contributed by atoms with Gasteiger partial charge in [0.05, 0.1) is 10.2 Å². The highest BCUT2D eigenvalue weighted by atomic mass is 32.1. The van der Waals surface area contributed by atoms with Gasteiger partial charge in [0, 0.05) is 14.1 Å². The molecule has 0 saturated carbocycles. The Kier molecular flexibility index (Phi) is 1.96. The van der Waals surface area contributed by atoms with Crippen molar-refractivity contribution < 1.29 is 0 Å². The zero-order chi connectivity index (χ0) is 9.42. The van der Waals surface area contributed by atoms with Crippen LogP contribution in [0.4, 0.5) is 0 Å². The molecule has 0 fully saturated rings. The van der Waals surface area contributed by atoms with Gasteiger partial charge in [0.25, 0.3) is 0 Å². The third kappa shape index (κ3) is 1.20. The molecule has 1 aromatic heterocycles. The highest BCUT2D eigenvalue weighted by Gasteiger charge is 2.02. The number of hydrogen-bond acceptors (Lipinski definition) is 2. The van der Waals surface area contributed by atoms with Gasteiger partial charge < -0.3 is 4.57 Å². The number of hydrogen-bond donors (Lipinski definition) is 0. The summed E-state index contributed by atoms with van der Waals surface area (Å²) < 4.78 is 3.47. The van der Waals surface area contributed by atoms with Crippen LogP contribution in [-0.2, 0) is 7.05 Å². The Hall–Kier alpha value is -1.09. The summed E-state index contributed by atoms with van der Waals surface area (Å²) in [5.41, 5.74) is 2.60. The van der Waals surface area contributed by atoms with Gasteiger partial charge in [-0.2, -0.15) is 0 Å². The van der Waals surface area contributed by atoms with Gasteiger partial charge in [0.1, 0.15) is 0 Å². The maximum atomic E-state index is 4.23. The van der Waals surface area contributed by atoms with E-state index in [0.29, 0.717) is 0 Å². The molecule has 0 atom stereocenters. The molecule has 0 amide bonds. The van der Waals surface area contributed by atoms with Crippen LogP contribution in [0.25, 0.3) is 10.2 Å². The Morgan fingerprint density at radius 1 is 1.38 bits per heavy atom. The smallest absolute Gasteiger partial charge is 0.185 e. The first-order valence-corrected chi connectivity index (χ1v) is 5.03. The summed E-state index contributed by atoms with van der Waals surface area (Å²) in [6, 6.07) is 6.36. The van der Waals surface area contributed by atoms with Crippen molar-refractivity contribution in [1.82, 2.24) is 4.57 Å². The fourth-order valence-electron chi connectivity index (χ4n) is 1.49. The lowest BCUT2D eigenvalue weighted by Crippen LogP contribution is -2.08. The molecule has 1 aromatic carbocycles. The molecule has 13 heavy (non-hydrogen) atoms. The molecule has 0 saturated heterocycles. The number of aryl methyl sites for hydroxylation is 2. The van der Waals surface area contributed by atoms with Crippen LogP contribution in [0.3, 0.4) is 0 Å². The van der Waals surface area contributed by atoms with Crippen molar-refractivity contribution in [3.63, 3.8) is 0 Å². The molecule has 0 aliphatic carbocycles. The van der Waals surface area contributed by atoms with Gasteiger partial charge in [-0.15, -0.1) is 0 Å². The predicted octanol–water partition coefficient (Wildman–Crippen LogP) is 2.08. The molecule has 0 aliphatic rings. The SMILES string of the molecule is C/N=c1/sc2c(C)cccc2n1C. The second-order valence-electron chi connectivity index (χ2n) is 3.09. The standard InChI is InChI=1S/C10H12N2S/c1-7-5-4-6-8-9(7)13-10(11-2)12(8)3/h4-6H,1-3H3/b11-10+. The third-order valence-electron chi connectivity index (χ3n) is 2.22. The first kappa shape index (κ1) is 8.51. The Morgan fingerprint density at radius 2 is 2.15 bits per heavy atom. The summed E-state index contributed by atoms with van der Waals surface area (Å²) in [7, 11) is 3.89. The van der Waals surface area contributed by atoms with Crippen molar-refractivity contribution in [3.8, 4) is 0 Å². The van der Waals surface area contributed by atoms with Crippen molar-refractivity contribution in [2.24, 2.45) is 12.0 Å². The topological polar surface area (TPSA) is 17.3 Å². The Morgan fingerprint density at radius 3 is 2.77 bits per heavy atom. The van der Waals surface area contributed by atoms with Crippen molar-refractivity contribution in [2.45, 2.75) is 6.92 Å². The van der Waals surface area contributed by atoms with Crippen LogP contribution in [0.2, 0.25) is 0 Å². The van der Waals surface area contributed by atoms with Crippen molar-refractivity contribution >= 4 is 21.6 Å². The van der Waals surface area contributed by atoms with E-state index in [1.54, 1.807) is 11.3 Å². The van der Waals surface area contributed by atoms with E-state index in [1.165, 1.54) is 15.8 Å². The Balaban J connectivity index is 3.00. The number of benzene rings is 1. The van der Waals surface area contributed by atoms with Gasteiger partial charge in [0.15, 0.2) is 4.80 Å². The minimum Gasteiger partial charge on any atom is -0.320 e. The van der Waals surface area contributed by atoms with Crippen molar-refractivity contribution in [1.29, 1.82) is 0 Å². The van der Waals surface area contributed by atoms with Gasteiger partial charge in [-0.3, -0.25) is 4.99 Å². The van der Waals surface area contributed by atoms with E-state index in [2.05, 4.69) is 41.7 Å². The number of thiazole rings is 1. The minimum absolute atomic E-state index is 1.07. The number of fused-ring (bicyclic) bond motifs is 1. The van der Waals surface area contributed by atoms with E-state index in [9.17, 15) is 0 Å². The van der Waals surface area contributed by atoms with Gasteiger partial charge in [-0.05, 0) is 18.6 Å². The molecule has 0 aliphatic heterocycles. The van der Waals surface area contributed by atoms with Crippen molar-refractivity contribution in [3.05, 3.63) is 28.6 Å². The number of nitrogens with zero attached hydrogens (tertiary/aromatic N) is 2. The molecule has 0 unspecified atom stereocenters. The van der Waals surface area contributed by atoms with Crippen LogP contribution in [0.15, 0.2) is 23.2 Å². The summed E-state index contributed by atoms with van der Waals surface area (Å²) in [6.07, 6.45) is 0. The fourth-order valence-corrected chi connectivity index (χ4v) is 2.54. The minimum atomic E-state index is 1.07. The average Bonchev–Trinajstić information content (AvgIpc) is 2.45. The monoisotopic (exact) mass is 192 g/mol. The quantitative estimate of drug-likeness (QED) is 0.608. The van der Waals surface area contributed by atoms with Crippen molar-refractivity contribution in [2.75, 3.05) is 7.05 Å². The molecule has 0 spiro atoms. The summed E-state index contributed by atoms with van der Waals surface area (Å²) >= 11 is 1.75. The van der Waals surface area contributed by atoms with E-state index in [1.807, 2.05) is 7.05 Å². The van der Waals surface area contributed by atoms with Crippen LogP contribution in [0.5, 0.6) is 0 Å². The summed E-state index contributed by atoms with van der Waals surface area (Å²) in [6.45, 7) is 2.14. The zero-order valence-corrected chi connectivity index (χ0v) is 8.85. The lowest BCUT2D eigenvalue weighted by atomic mass is 10.2. The molecular weight excluding hydrogens is 180 g/mol. The zero-order valence-electron chi connectivity index (χ0n) is 8.03. The summed E-state index contributed by atoms with van der Waals surface area (Å²) in [5, 5.41) is 0. The van der Waals surface area contributed by atoms with Gasteiger partial charge in [-0.25, -0.2) is 0 Å². The second-order valence-corrected chi connectivity index (χ2v) is 4.07. The molecule has 0 N–H and O–H groups in total. The van der Waals surface area contributed by atoms with E-state index in [0.717, 1.165) is 4.80 Å². The van der Waals surface area contributed by atoms with Gasteiger partial charge in [-0.1, -0.05) is 23.5 Å². The normalized spacial score (nSPS) is 12.7. The molecule has 68 valence electrons. The lowest BCUT2D eigenvalue weighted by molar-refractivity contribution is 0.904. The van der Waals surface area contributed by atoms with Crippen LogP contribution in [0.1, 0.15) is 5.56 Å². The fraction of sp³-hybridized carbons (Fsp3) is 0.300. The highest BCUT2D eigenvalue weighted by molar-refractivity contribution is 7.16. The largest absolute Gasteiger partial charge is 0.320 e. The number of aromatic nitrogens is 1. The van der Waals surface area contributed by atoms with Gasteiger partial charge in [0.2, 0.25) is 0 Å². The number of rotatable bonds is 0. The van der Waals surface area contributed by atoms with Crippen LogP contribution >= 0.6 is 11.3 Å². The summed E-state index contributed by atoms with van der Waals surface area (Å²) in [4.78, 5) is 5.30. The molecule has 2 aromatic rings. The molecule has 2 rings (SSSR count). The maximum absolute atomic E-state index is 4.23. The molecule has 0 radical (unpaired) electrons. The Bertz CT molecular complexity index is 505. The molecule has 3 heteroatoms. The van der Waals surface area contributed by atoms with Crippen LogP contribution < -0.4 is 4.80 Å². The first-order chi connectivity index (χ1) is 6.24. The second kappa shape index (κ2) is 3.00. The van der Waals surface area contributed by atoms with E-state index < -0.39 is 0 Å². The van der Waals surface area contributed by atoms with E-state index in [4.69, 9.17) is 0 Å². The summed E-state index contributed by atoms with van der Waals surface area (Å²) in [5.74, 6) is 0. The Labute approximate surface area is 81.2 Å². The van der Waals surface area contributed by atoms with E-state index >= 15 is 0 Å². The molecule has 2 nitrogen and oxygen atoms in total. The van der Waals surface area contributed by atoms with Gasteiger partial charge >= 0.3 is 0 Å². The van der Waals surface area contributed by atoms with Crippen LogP contribution in [0, 0.1) is 6.92 Å². The maximum Gasteiger partial charge on any atom is 0.185 e. The predicted molar refractivity (Wildman–Crippen MR) is 57.0 cm³/mol. The average molecular weight is 192 g/mol. The molecular formula is C10H12N2S. The first-order valence-electron chi connectivity index (χ1n) is 4.22. The lowest BCUT2D eigenvalue weighted by Gasteiger charge is -1.95.